The summed E-state index contributed by atoms with van der Waals surface area (Å²) in [5.74, 6) is -0.759. The minimum absolute atomic E-state index is 0.0551. The van der Waals surface area contributed by atoms with Gasteiger partial charge >= 0.3 is 6.36 Å². The van der Waals surface area contributed by atoms with Crippen molar-refractivity contribution >= 4 is 15.9 Å². The Hall–Kier alpha value is -1.81. The molecule has 1 saturated carbocycles. The van der Waals surface area contributed by atoms with E-state index < -0.39 is 22.1 Å². The van der Waals surface area contributed by atoms with Crippen LogP contribution in [0, 0.1) is 5.92 Å². The quantitative estimate of drug-likeness (QED) is 0.688. The number of carbonyl (C=O) groups is 1. The molecule has 0 aromatic heterocycles. The second-order valence-corrected chi connectivity index (χ2v) is 9.88. The first-order valence-corrected chi connectivity index (χ1v) is 11.6. The van der Waals surface area contributed by atoms with E-state index in [4.69, 9.17) is 0 Å². The van der Waals surface area contributed by atoms with Gasteiger partial charge in [0.15, 0.2) is 0 Å². The van der Waals surface area contributed by atoms with Gasteiger partial charge in [0, 0.05) is 38.2 Å². The fourth-order valence-electron chi connectivity index (χ4n) is 4.26. The Balaban J connectivity index is 1.62. The number of halogens is 3. The summed E-state index contributed by atoms with van der Waals surface area (Å²) in [4.78, 5) is 14.4. The maximum Gasteiger partial charge on any atom is 0.573 e. The van der Waals surface area contributed by atoms with Gasteiger partial charge in [0.05, 0.1) is 4.90 Å². The van der Waals surface area contributed by atoms with Crippen molar-refractivity contribution < 1.29 is 31.1 Å². The van der Waals surface area contributed by atoms with Gasteiger partial charge in [-0.15, -0.1) is 13.2 Å². The highest BCUT2D eigenvalue weighted by Crippen LogP contribution is 2.30. The van der Waals surface area contributed by atoms with Gasteiger partial charge in [0.2, 0.25) is 15.9 Å². The van der Waals surface area contributed by atoms with E-state index in [9.17, 15) is 26.4 Å². The lowest BCUT2D eigenvalue weighted by Crippen LogP contribution is -2.46. The van der Waals surface area contributed by atoms with Crippen molar-refractivity contribution in [3.8, 4) is 5.75 Å². The molecule has 2 aliphatic rings. The Bertz CT molecular complexity index is 846. The molecule has 2 fully saturated rings. The van der Waals surface area contributed by atoms with Gasteiger partial charge in [0.25, 0.3) is 0 Å². The third-order valence-corrected chi connectivity index (χ3v) is 7.84. The molecule has 0 radical (unpaired) electrons. The molecule has 6 nitrogen and oxygen atoms in total. The normalized spacial score (nSPS) is 20.1. The number of ether oxygens (including phenoxy) is 1. The van der Waals surface area contributed by atoms with Crippen molar-refractivity contribution in [3.63, 3.8) is 0 Å². The molecule has 0 bridgehead atoms. The predicted molar refractivity (Wildman–Crippen MR) is 104 cm³/mol. The number of amides is 1. The van der Waals surface area contributed by atoms with Crippen LogP contribution < -0.4 is 4.74 Å². The molecule has 1 saturated heterocycles. The fraction of sp³-hybridized carbons (Fsp3) is 0.650. The first-order valence-electron chi connectivity index (χ1n) is 10.2. The number of hydrogen-bond acceptors (Lipinski definition) is 4. The molecule has 10 heteroatoms. The number of rotatable bonds is 5. The summed E-state index contributed by atoms with van der Waals surface area (Å²) < 4.78 is 68.0. The highest BCUT2D eigenvalue weighted by molar-refractivity contribution is 7.89. The first-order chi connectivity index (χ1) is 14.1. The van der Waals surface area contributed by atoms with Crippen LogP contribution in [0.4, 0.5) is 13.2 Å². The summed E-state index contributed by atoms with van der Waals surface area (Å²) >= 11 is 0. The van der Waals surface area contributed by atoms with E-state index >= 15 is 0 Å². The van der Waals surface area contributed by atoms with Crippen molar-refractivity contribution in [1.82, 2.24) is 9.21 Å². The summed E-state index contributed by atoms with van der Waals surface area (Å²) in [6, 6.07) is 4.63. The lowest BCUT2D eigenvalue weighted by Gasteiger charge is -2.36. The molecule has 0 N–H and O–H groups in total. The van der Waals surface area contributed by atoms with Gasteiger partial charge in [0.1, 0.15) is 5.75 Å². The molecule has 0 unspecified atom stereocenters. The number of alkyl halides is 3. The molecule has 1 aromatic rings. The number of nitrogens with zero attached hydrogens (tertiary/aromatic N) is 2. The zero-order valence-corrected chi connectivity index (χ0v) is 17.7. The van der Waals surface area contributed by atoms with Crippen molar-refractivity contribution in [3.05, 3.63) is 24.3 Å². The summed E-state index contributed by atoms with van der Waals surface area (Å²) in [6.45, 7) is 0.309. The molecule has 0 atom stereocenters. The topological polar surface area (TPSA) is 66.9 Å². The summed E-state index contributed by atoms with van der Waals surface area (Å²) in [5.41, 5.74) is 0. The van der Waals surface area contributed by atoms with Crippen LogP contribution >= 0.6 is 0 Å². The average molecular weight is 449 g/mol. The average Bonchev–Trinajstić information content (AvgIpc) is 2.72. The van der Waals surface area contributed by atoms with E-state index in [-0.39, 0.29) is 35.9 Å². The Morgan fingerprint density at radius 2 is 1.73 bits per heavy atom. The number of carbonyl (C=O) groups excluding carboxylic acids is 1. The highest BCUT2D eigenvalue weighted by Gasteiger charge is 2.36. The molecule has 3 rings (SSSR count). The molecule has 0 spiro atoms. The Labute approximate surface area is 175 Å². The van der Waals surface area contributed by atoms with Crippen molar-refractivity contribution in [2.45, 2.75) is 62.2 Å². The molecule has 1 aliphatic carbocycles. The van der Waals surface area contributed by atoms with E-state index in [2.05, 4.69) is 4.74 Å². The van der Waals surface area contributed by atoms with Gasteiger partial charge in [-0.1, -0.05) is 25.3 Å². The summed E-state index contributed by atoms with van der Waals surface area (Å²) in [5, 5.41) is 0. The molecule has 1 aliphatic heterocycles. The monoisotopic (exact) mass is 448 g/mol. The van der Waals surface area contributed by atoms with E-state index in [1.807, 2.05) is 11.9 Å². The lowest BCUT2D eigenvalue weighted by atomic mass is 9.91. The van der Waals surface area contributed by atoms with Crippen LogP contribution in [0.5, 0.6) is 5.75 Å². The van der Waals surface area contributed by atoms with E-state index in [1.165, 1.54) is 22.9 Å². The second kappa shape index (κ2) is 9.13. The molecule has 1 amide bonds. The maximum atomic E-state index is 12.9. The van der Waals surface area contributed by atoms with Crippen molar-refractivity contribution in [1.29, 1.82) is 0 Å². The lowest BCUT2D eigenvalue weighted by molar-refractivity contribution is -0.274. The predicted octanol–water partition coefficient (Wildman–Crippen LogP) is 3.78. The summed E-state index contributed by atoms with van der Waals surface area (Å²) in [7, 11) is -2.14. The number of sulfonamides is 1. The van der Waals surface area contributed by atoms with E-state index in [0.717, 1.165) is 37.8 Å². The van der Waals surface area contributed by atoms with Gasteiger partial charge in [-0.2, -0.15) is 4.31 Å². The minimum atomic E-state index is -4.90. The molecular formula is C20H27F3N2O4S. The molecule has 30 heavy (non-hydrogen) atoms. The van der Waals surface area contributed by atoms with Crippen LogP contribution in [0.3, 0.4) is 0 Å². The number of hydrogen-bond donors (Lipinski definition) is 0. The Kier molecular flexibility index (Phi) is 6.96. The highest BCUT2D eigenvalue weighted by atomic mass is 32.2. The van der Waals surface area contributed by atoms with Crippen LogP contribution in [0.1, 0.15) is 44.9 Å². The largest absolute Gasteiger partial charge is 0.573 e. The molecular weight excluding hydrogens is 421 g/mol. The van der Waals surface area contributed by atoms with Crippen LogP contribution in [-0.2, 0) is 14.8 Å². The summed E-state index contributed by atoms with van der Waals surface area (Å²) in [6.07, 6.45) is 1.35. The van der Waals surface area contributed by atoms with Gasteiger partial charge < -0.3 is 9.64 Å². The van der Waals surface area contributed by atoms with Crippen molar-refractivity contribution in [2.24, 2.45) is 5.92 Å². The Morgan fingerprint density at radius 1 is 1.10 bits per heavy atom. The number of piperidine rings is 1. The van der Waals surface area contributed by atoms with Crippen LogP contribution in [-0.4, -0.2) is 56.1 Å². The van der Waals surface area contributed by atoms with Gasteiger partial charge in [-0.3, -0.25) is 4.79 Å². The van der Waals surface area contributed by atoms with Crippen LogP contribution in [0.2, 0.25) is 0 Å². The smallest absolute Gasteiger partial charge is 0.406 e. The Morgan fingerprint density at radius 3 is 2.33 bits per heavy atom. The fourth-order valence-corrected chi connectivity index (χ4v) is 5.77. The van der Waals surface area contributed by atoms with Crippen LogP contribution in [0.15, 0.2) is 29.2 Å². The maximum absolute atomic E-state index is 12.9. The van der Waals surface area contributed by atoms with E-state index in [1.54, 1.807) is 0 Å². The van der Waals surface area contributed by atoms with Crippen LogP contribution in [0.25, 0.3) is 0 Å². The molecule has 1 aromatic carbocycles. The van der Waals surface area contributed by atoms with Crippen molar-refractivity contribution in [2.75, 3.05) is 20.1 Å². The molecule has 1 heterocycles. The standard InChI is InChI=1S/C20H27F3N2O4S/c1-24(16-6-3-2-4-7-16)19(26)15-10-12-25(13-11-15)30(27,28)18-9-5-8-17(14-18)29-20(21,22)23/h5,8-9,14-16H,2-4,6-7,10-13H2,1H3. The first kappa shape index (κ1) is 22.9. The number of benzene rings is 1. The molecule has 168 valence electrons. The SMILES string of the molecule is CN(C(=O)C1CCN(S(=O)(=O)c2cccc(OC(F)(F)F)c2)CC1)C1CCCCC1. The zero-order chi connectivity index (χ0) is 21.9. The minimum Gasteiger partial charge on any atom is -0.406 e. The van der Waals surface area contributed by atoms with E-state index in [0.29, 0.717) is 12.8 Å². The zero-order valence-electron chi connectivity index (χ0n) is 16.9. The van der Waals surface area contributed by atoms with Gasteiger partial charge in [-0.05, 0) is 37.8 Å². The third kappa shape index (κ3) is 5.46. The van der Waals surface area contributed by atoms with Gasteiger partial charge in [-0.25, -0.2) is 8.42 Å². The second-order valence-electron chi connectivity index (χ2n) is 7.94. The third-order valence-electron chi connectivity index (χ3n) is 5.95.